The summed E-state index contributed by atoms with van der Waals surface area (Å²) in [7, 11) is 0. The lowest BCUT2D eigenvalue weighted by Crippen LogP contribution is -2.46. The third-order valence-corrected chi connectivity index (χ3v) is 3.66. The lowest BCUT2D eigenvalue weighted by molar-refractivity contribution is -0.384. The molecule has 0 aliphatic rings. The van der Waals surface area contributed by atoms with E-state index in [4.69, 9.17) is 4.74 Å². The van der Waals surface area contributed by atoms with Crippen LogP contribution in [0.25, 0.3) is 0 Å². The Morgan fingerprint density at radius 1 is 1.32 bits per heavy atom. The fourth-order valence-corrected chi connectivity index (χ4v) is 2.66. The van der Waals surface area contributed by atoms with Gasteiger partial charge in [-0.1, -0.05) is 0 Å². The van der Waals surface area contributed by atoms with Gasteiger partial charge in [0.25, 0.3) is 5.69 Å². The van der Waals surface area contributed by atoms with Crippen LogP contribution in [-0.4, -0.2) is 16.6 Å². The second kappa shape index (κ2) is 6.57. The zero-order chi connectivity index (χ0) is 16.2. The van der Waals surface area contributed by atoms with Crippen molar-refractivity contribution >= 4 is 23.1 Å². The van der Waals surface area contributed by atoms with E-state index in [9.17, 15) is 14.9 Å². The molecule has 0 radical (unpaired) electrons. The van der Waals surface area contributed by atoms with E-state index in [0.29, 0.717) is 6.42 Å². The van der Waals surface area contributed by atoms with Crippen molar-refractivity contribution < 1.29 is 14.5 Å². The number of benzene rings is 1. The van der Waals surface area contributed by atoms with Crippen molar-refractivity contribution in [2.45, 2.75) is 25.8 Å². The highest BCUT2D eigenvalue weighted by Gasteiger charge is 2.22. The molecule has 0 fully saturated rings. The Kier molecular flexibility index (Phi) is 4.77. The number of rotatable bonds is 5. The molecule has 1 N–H and O–H groups in total. The first-order chi connectivity index (χ1) is 10.4. The second-order valence-corrected chi connectivity index (χ2v) is 6.24. The number of amides is 1. The number of thiophene rings is 1. The van der Waals surface area contributed by atoms with Gasteiger partial charge in [0.15, 0.2) is 0 Å². The maximum absolute atomic E-state index is 11.9. The minimum atomic E-state index is -0.589. The van der Waals surface area contributed by atoms with Crippen molar-refractivity contribution in [1.29, 1.82) is 0 Å². The molecule has 1 amide bonds. The van der Waals surface area contributed by atoms with Crippen LogP contribution in [0.15, 0.2) is 41.1 Å². The van der Waals surface area contributed by atoms with Crippen LogP contribution in [0.4, 0.5) is 10.5 Å². The molecule has 0 saturated heterocycles. The molecule has 1 heterocycles. The van der Waals surface area contributed by atoms with E-state index in [2.05, 4.69) is 5.32 Å². The van der Waals surface area contributed by atoms with E-state index >= 15 is 0 Å². The summed E-state index contributed by atoms with van der Waals surface area (Å²) in [6.45, 7) is 3.81. The number of nitrogens with zero attached hydrogens (tertiary/aromatic N) is 1. The van der Waals surface area contributed by atoms with Gasteiger partial charge in [-0.2, -0.15) is 11.3 Å². The maximum Gasteiger partial charge on any atom is 0.413 e. The molecule has 1 aromatic heterocycles. The fourth-order valence-electron chi connectivity index (χ4n) is 1.99. The standard InChI is InChI=1S/C15H16N2O4S/c1-15(2,9-11-7-8-22-10-11)16-14(18)21-13-5-3-12(4-6-13)17(19)20/h3-8,10H,9H2,1-2H3,(H,16,18). The van der Waals surface area contributed by atoms with Gasteiger partial charge in [0, 0.05) is 17.7 Å². The Labute approximate surface area is 131 Å². The molecule has 0 aliphatic heterocycles. The van der Waals surface area contributed by atoms with Gasteiger partial charge in [0.05, 0.1) is 4.92 Å². The van der Waals surface area contributed by atoms with Crippen LogP contribution in [-0.2, 0) is 6.42 Å². The predicted molar refractivity (Wildman–Crippen MR) is 84.4 cm³/mol. The van der Waals surface area contributed by atoms with Gasteiger partial charge in [-0.25, -0.2) is 4.79 Å². The van der Waals surface area contributed by atoms with Gasteiger partial charge in [-0.05, 0) is 54.8 Å². The fraction of sp³-hybridized carbons (Fsp3) is 0.267. The average molecular weight is 320 g/mol. The molecule has 0 spiro atoms. The largest absolute Gasteiger partial charge is 0.413 e. The van der Waals surface area contributed by atoms with Crippen LogP contribution >= 0.6 is 11.3 Å². The van der Waals surface area contributed by atoms with E-state index in [1.54, 1.807) is 11.3 Å². The zero-order valence-electron chi connectivity index (χ0n) is 12.2. The Morgan fingerprint density at radius 2 is 2.00 bits per heavy atom. The number of nitro groups is 1. The van der Waals surface area contributed by atoms with E-state index in [1.807, 2.05) is 30.7 Å². The first kappa shape index (κ1) is 16.0. The molecule has 0 saturated carbocycles. The van der Waals surface area contributed by atoms with E-state index < -0.39 is 16.6 Å². The van der Waals surface area contributed by atoms with Crippen LogP contribution in [0.3, 0.4) is 0 Å². The summed E-state index contributed by atoms with van der Waals surface area (Å²) in [5.41, 5.74) is 0.634. The Balaban J connectivity index is 1.92. The first-order valence-electron chi connectivity index (χ1n) is 6.61. The normalized spacial score (nSPS) is 11.0. The summed E-state index contributed by atoms with van der Waals surface area (Å²) in [6, 6.07) is 7.38. The van der Waals surface area contributed by atoms with Crippen LogP contribution < -0.4 is 10.1 Å². The number of non-ortho nitro benzene ring substituents is 1. The molecular formula is C15H16N2O4S. The summed E-state index contributed by atoms with van der Waals surface area (Å²) >= 11 is 1.61. The van der Waals surface area contributed by atoms with Crippen LogP contribution in [0.2, 0.25) is 0 Å². The Bertz CT molecular complexity index is 651. The van der Waals surface area contributed by atoms with E-state index in [1.165, 1.54) is 24.3 Å². The van der Waals surface area contributed by atoms with Crippen LogP contribution in [0.5, 0.6) is 5.75 Å². The van der Waals surface area contributed by atoms with Gasteiger partial charge in [0.2, 0.25) is 0 Å². The highest BCUT2D eigenvalue weighted by molar-refractivity contribution is 7.07. The number of nitro benzene ring substituents is 1. The number of carbonyl (C=O) groups excluding carboxylic acids is 1. The highest BCUT2D eigenvalue weighted by Crippen LogP contribution is 2.19. The van der Waals surface area contributed by atoms with Crippen LogP contribution in [0, 0.1) is 10.1 Å². The summed E-state index contributed by atoms with van der Waals surface area (Å²) in [4.78, 5) is 22.0. The lowest BCUT2D eigenvalue weighted by atomic mass is 9.97. The number of hydrogen-bond acceptors (Lipinski definition) is 5. The lowest BCUT2D eigenvalue weighted by Gasteiger charge is -2.25. The molecule has 2 rings (SSSR count). The van der Waals surface area contributed by atoms with Crippen molar-refractivity contribution in [2.75, 3.05) is 0 Å². The first-order valence-corrected chi connectivity index (χ1v) is 7.55. The molecule has 22 heavy (non-hydrogen) atoms. The summed E-state index contributed by atoms with van der Waals surface area (Å²) in [5.74, 6) is 0.259. The molecule has 0 bridgehead atoms. The zero-order valence-corrected chi connectivity index (χ0v) is 13.1. The van der Waals surface area contributed by atoms with Crippen molar-refractivity contribution in [1.82, 2.24) is 5.32 Å². The minimum Gasteiger partial charge on any atom is -0.410 e. The summed E-state index contributed by atoms with van der Waals surface area (Å²) in [5, 5.41) is 17.4. The molecule has 116 valence electrons. The second-order valence-electron chi connectivity index (χ2n) is 5.46. The maximum atomic E-state index is 11.9. The smallest absolute Gasteiger partial charge is 0.410 e. The Morgan fingerprint density at radius 3 is 2.55 bits per heavy atom. The van der Waals surface area contributed by atoms with Crippen LogP contribution in [0.1, 0.15) is 19.4 Å². The monoisotopic (exact) mass is 320 g/mol. The summed E-state index contributed by atoms with van der Waals surface area (Å²) in [6.07, 6.45) is 0.0976. The van der Waals surface area contributed by atoms with Crippen molar-refractivity contribution in [3.63, 3.8) is 0 Å². The number of carbonyl (C=O) groups is 1. The van der Waals surface area contributed by atoms with Crippen molar-refractivity contribution in [3.05, 3.63) is 56.8 Å². The third kappa shape index (κ3) is 4.56. The molecule has 7 heteroatoms. The Hall–Kier alpha value is -2.41. The van der Waals surface area contributed by atoms with E-state index in [-0.39, 0.29) is 11.4 Å². The third-order valence-electron chi connectivity index (χ3n) is 2.92. The quantitative estimate of drug-likeness (QED) is 0.671. The molecule has 6 nitrogen and oxygen atoms in total. The average Bonchev–Trinajstić information content (AvgIpc) is 2.90. The number of nitrogens with one attached hydrogen (secondary N) is 1. The van der Waals surface area contributed by atoms with Gasteiger partial charge >= 0.3 is 6.09 Å². The highest BCUT2D eigenvalue weighted by atomic mass is 32.1. The topological polar surface area (TPSA) is 81.5 Å². The molecule has 1 aromatic carbocycles. The number of ether oxygens (including phenoxy) is 1. The van der Waals surface area contributed by atoms with Gasteiger partial charge in [-0.3, -0.25) is 10.1 Å². The SMILES string of the molecule is CC(C)(Cc1ccsc1)NC(=O)Oc1ccc([N+](=O)[O-])cc1. The molecule has 0 unspecified atom stereocenters. The van der Waals surface area contributed by atoms with Crippen molar-refractivity contribution in [3.8, 4) is 5.75 Å². The number of hydrogen-bond donors (Lipinski definition) is 1. The predicted octanol–water partition coefficient (Wildman–Crippen LogP) is 3.77. The molecule has 0 atom stereocenters. The molecule has 0 aliphatic carbocycles. The minimum absolute atomic E-state index is 0.0504. The molecule has 2 aromatic rings. The van der Waals surface area contributed by atoms with Gasteiger partial charge < -0.3 is 10.1 Å². The summed E-state index contributed by atoms with van der Waals surface area (Å²) < 4.78 is 5.13. The van der Waals surface area contributed by atoms with Gasteiger partial charge in [0.1, 0.15) is 5.75 Å². The van der Waals surface area contributed by atoms with E-state index in [0.717, 1.165) is 5.56 Å². The van der Waals surface area contributed by atoms with Crippen molar-refractivity contribution in [2.24, 2.45) is 0 Å². The van der Waals surface area contributed by atoms with Gasteiger partial charge in [-0.15, -0.1) is 0 Å². The molecular weight excluding hydrogens is 304 g/mol.